The summed E-state index contributed by atoms with van der Waals surface area (Å²) in [5.74, 6) is 2.56. The number of aromatic nitrogens is 5. The molecule has 3 aromatic carbocycles. The van der Waals surface area contributed by atoms with Crippen LogP contribution in [0.5, 0.6) is 6.01 Å². The average molecular weight is 1110 g/mol. The van der Waals surface area contributed by atoms with Gasteiger partial charge in [0, 0.05) is 89.0 Å². The number of benzene rings is 3. The lowest BCUT2D eigenvalue weighted by molar-refractivity contribution is -0.134. The molecular weight excluding hydrogens is 1030 g/mol. The molecule has 0 saturated carbocycles. The molecule has 428 valence electrons. The molecule has 0 bridgehead atoms. The highest BCUT2D eigenvalue weighted by Gasteiger charge is 2.46. The fourth-order valence-corrected chi connectivity index (χ4v) is 14.5. The molecule has 10 heterocycles. The van der Waals surface area contributed by atoms with Crippen LogP contribution >= 0.6 is 0 Å². The lowest BCUT2D eigenvalue weighted by Gasteiger charge is -2.47. The van der Waals surface area contributed by atoms with Crippen molar-refractivity contribution >= 4 is 62.3 Å². The highest BCUT2D eigenvalue weighted by molar-refractivity contribution is 6.04. The second-order valence-corrected chi connectivity index (χ2v) is 23.9. The number of hydrogen-bond donors (Lipinski definition) is 1. The summed E-state index contributed by atoms with van der Waals surface area (Å²) in [5, 5.41) is 9.92. The largest absolute Gasteiger partial charge is 0.461 e. The van der Waals surface area contributed by atoms with E-state index in [-0.39, 0.29) is 57.5 Å². The van der Waals surface area contributed by atoms with E-state index in [0.717, 1.165) is 120 Å². The number of piperidine rings is 3. The quantitative estimate of drug-likeness (QED) is 0.0831. The molecule has 6 aromatic rings. The van der Waals surface area contributed by atoms with Gasteiger partial charge in [0.05, 0.1) is 52.0 Å². The van der Waals surface area contributed by atoms with Crippen LogP contribution in [0.15, 0.2) is 48.5 Å². The Hall–Kier alpha value is -6.81. The Labute approximate surface area is 473 Å². The Balaban J connectivity index is 0.000000166. The Bertz CT molecular complexity index is 3370. The van der Waals surface area contributed by atoms with Gasteiger partial charge >= 0.3 is 6.01 Å². The second-order valence-electron chi connectivity index (χ2n) is 23.9. The molecular formula is C63H76F2N10O6. The summed E-state index contributed by atoms with van der Waals surface area (Å²) in [7, 11) is 5.17. The number of halogens is 2. The maximum absolute atomic E-state index is 16.9. The monoisotopic (exact) mass is 1110 g/mol. The first-order valence-corrected chi connectivity index (χ1v) is 29.2. The second kappa shape index (κ2) is 23.6. The van der Waals surface area contributed by atoms with Crippen LogP contribution in [-0.4, -0.2) is 144 Å². The van der Waals surface area contributed by atoms with Gasteiger partial charge in [0.25, 0.3) is 0 Å². The van der Waals surface area contributed by atoms with Crippen molar-refractivity contribution in [1.82, 2.24) is 39.8 Å². The first kappa shape index (κ1) is 56.1. The van der Waals surface area contributed by atoms with Gasteiger partial charge in [-0.05, 0) is 137 Å². The van der Waals surface area contributed by atoms with Crippen LogP contribution in [0, 0.1) is 41.2 Å². The molecule has 6 fully saturated rings. The predicted octanol–water partition coefficient (Wildman–Crippen LogP) is 9.12. The number of imide groups is 1. The number of aryl methyl sites for hydroxylation is 2. The van der Waals surface area contributed by atoms with E-state index in [2.05, 4.69) is 67.8 Å². The molecule has 0 spiro atoms. The topological polar surface area (TPSA) is 160 Å². The summed E-state index contributed by atoms with van der Waals surface area (Å²) < 4.78 is 50.2. The number of ether oxygens (including phenoxy) is 3. The van der Waals surface area contributed by atoms with E-state index >= 15 is 4.39 Å². The van der Waals surface area contributed by atoms with Crippen LogP contribution in [0.4, 0.5) is 20.3 Å². The fraction of sp³-hybridized carbons (Fsp3) is 0.540. The van der Waals surface area contributed by atoms with Gasteiger partial charge in [-0.1, -0.05) is 44.0 Å². The van der Waals surface area contributed by atoms with E-state index in [1.807, 2.05) is 28.8 Å². The highest BCUT2D eigenvalue weighted by atomic mass is 19.1. The number of anilines is 2. The third-order valence-electron chi connectivity index (χ3n) is 19.0. The number of amides is 3. The van der Waals surface area contributed by atoms with Gasteiger partial charge in [-0.15, -0.1) is 6.42 Å². The van der Waals surface area contributed by atoms with Crippen LogP contribution in [0.1, 0.15) is 114 Å². The summed E-state index contributed by atoms with van der Waals surface area (Å²) >= 11 is 0. The summed E-state index contributed by atoms with van der Waals surface area (Å²) in [5.41, 5.74) is 4.79. The maximum Gasteiger partial charge on any atom is 0.319 e. The summed E-state index contributed by atoms with van der Waals surface area (Å²) in [6, 6.07) is 15.1. The highest BCUT2D eigenvalue weighted by Crippen LogP contribution is 2.47. The molecule has 3 aromatic heterocycles. The molecule has 1 N–H and O–H groups in total. The molecule has 0 aliphatic carbocycles. The number of pyridine rings is 1. The fourth-order valence-electron chi connectivity index (χ4n) is 14.5. The van der Waals surface area contributed by atoms with E-state index in [4.69, 9.17) is 30.8 Å². The van der Waals surface area contributed by atoms with Crippen molar-refractivity contribution in [2.75, 3.05) is 89.7 Å². The number of likely N-dealkylation sites (tertiary alicyclic amines) is 1. The normalized spacial score (nSPS) is 21.5. The molecule has 18 heteroatoms. The minimum Gasteiger partial charge on any atom is -0.461 e. The standard InChI is InChI=1S/C34H33F2N5O2.C27H37N5O3.C2H6O/c1-2-23-25(35)11-9-21-7-3-8-24(27(21)23)30-29(36)31-28-26(37-30)12-10-22-19-42-18-6-17-41(22)32(28)39-33(38-31)43-20-34-13-4-15-40(34)16-5-14-34;1-27(2,18-8-12-31(17-33)13-9-18)19-10-14-32(15-11-19)20-4-5-21-23(16-20)30(3)29-25(21)22-6-7-24(34)28-26(22)35;1-3-2/h1,3,7-9,11,22H,4-6,10,12-20H2;4-5,16-19,22H,6-15H2,1-3H3,(H,28,34,35);1-2H3. The van der Waals surface area contributed by atoms with Crippen LogP contribution < -0.4 is 19.9 Å². The predicted molar refractivity (Wildman–Crippen MR) is 309 cm³/mol. The Morgan fingerprint density at radius 2 is 1.62 bits per heavy atom. The molecule has 2 atom stereocenters. The Morgan fingerprint density at radius 3 is 2.33 bits per heavy atom. The van der Waals surface area contributed by atoms with Crippen molar-refractivity contribution in [2.24, 2.45) is 24.3 Å². The van der Waals surface area contributed by atoms with E-state index in [9.17, 15) is 18.8 Å². The van der Waals surface area contributed by atoms with Crippen LogP contribution in [-0.2, 0) is 37.3 Å². The molecule has 3 amide bonds. The number of fused-ring (bicyclic) bond motifs is 5. The number of methoxy groups -OCH3 is 1. The number of carbonyl (C=O) groups excluding carboxylic acids is 3. The van der Waals surface area contributed by atoms with Crippen molar-refractivity contribution in [3.8, 4) is 29.6 Å². The third kappa shape index (κ3) is 10.8. The smallest absolute Gasteiger partial charge is 0.319 e. The average Bonchev–Trinajstić information content (AvgIpc) is 4.16. The Kier molecular flexibility index (Phi) is 16.3. The van der Waals surface area contributed by atoms with Crippen molar-refractivity contribution in [3.63, 3.8) is 0 Å². The van der Waals surface area contributed by atoms with E-state index in [0.29, 0.717) is 84.2 Å². The summed E-state index contributed by atoms with van der Waals surface area (Å²) in [6.07, 6.45) is 18.9. The van der Waals surface area contributed by atoms with Crippen molar-refractivity contribution in [1.29, 1.82) is 0 Å². The van der Waals surface area contributed by atoms with Crippen LogP contribution in [0.3, 0.4) is 0 Å². The molecule has 81 heavy (non-hydrogen) atoms. The zero-order chi connectivity index (χ0) is 56.6. The molecule has 0 radical (unpaired) electrons. The number of nitrogens with one attached hydrogen (secondary N) is 1. The maximum atomic E-state index is 16.9. The van der Waals surface area contributed by atoms with Crippen molar-refractivity contribution < 1.29 is 37.4 Å². The minimum absolute atomic E-state index is 0.00280. The first-order valence-electron chi connectivity index (χ1n) is 29.2. The molecule has 2 unspecified atom stereocenters. The van der Waals surface area contributed by atoms with Gasteiger partial charge in [0.1, 0.15) is 29.5 Å². The lowest BCUT2D eigenvalue weighted by atomic mass is 9.63. The van der Waals surface area contributed by atoms with E-state index in [1.165, 1.54) is 24.6 Å². The van der Waals surface area contributed by atoms with Crippen LogP contribution in [0.25, 0.3) is 43.8 Å². The number of carbonyl (C=O) groups is 3. The minimum atomic E-state index is -0.585. The van der Waals surface area contributed by atoms with Crippen molar-refractivity contribution in [3.05, 3.63) is 77.1 Å². The summed E-state index contributed by atoms with van der Waals surface area (Å²) in [4.78, 5) is 58.8. The number of terminal acetylenes is 1. The third-order valence-corrected chi connectivity index (χ3v) is 19.0. The Morgan fingerprint density at radius 1 is 0.877 bits per heavy atom. The van der Waals surface area contributed by atoms with Crippen LogP contribution in [0.2, 0.25) is 0 Å². The number of nitrogens with zero attached hydrogens (tertiary/aromatic N) is 9. The molecule has 7 aliphatic rings. The first-order chi connectivity index (χ1) is 39.2. The zero-order valence-electron chi connectivity index (χ0n) is 47.6. The van der Waals surface area contributed by atoms with Gasteiger partial charge in [0.15, 0.2) is 5.82 Å². The molecule has 16 nitrogen and oxygen atoms in total. The molecule has 6 saturated heterocycles. The number of rotatable bonds is 9. The molecule has 7 aliphatic heterocycles. The van der Waals surface area contributed by atoms with Gasteiger partial charge in [0.2, 0.25) is 18.2 Å². The lowest BCUT2D eigenvalue weighted by Crippen LogP contribution is -2.45. The van der Waals surface area contributed by atoms with Gasteiger partial charge < -0.3 is 28.9 Å². The summed E-state index contributed by atoms with van der Waals surface area (Å²) in [6.45, 7) is 13.4. The molecule has 13 rings (SSSR count). The van der Waals surface area contributed by atoms with E-state index < -0.39 is 11.6 Å². The SMILES string of the molecule is C#Cc1c(F)ccc2cccc(-c3nc4c5c(nc(OCC67CCCN6CCC7)nc5c3F)N3CCCOCC3CC4)c12.COC.Cn1nc(C2CCC(=O)NC2=O)c2ccc(N3CCC(C(C)(C)C4CCN(C=O)CC4)CC3)cc21. The zero-order valence-corrected chi connectivity index (χ0v) is 47.6. The van der Waals surface area contributed by atoms with Crippen molar-refractivity contribution in [2.45, 2.75) is 115 Å². The van der Waals surface area contributed by atoms with Gasteiger partial charge in [-0.25, -0.2) is 13.8 Å². The van der Waals surface area contributed by atoms with Gasteiger partial charge in [-0.2, -0.15) is 15.1 Å². The van der Waals surface area contributed by atoms with E-state index in [1.54, 1.807) is 26.4 Å². The number of hydrogen-bond acceptors (Lipinski definition) is 13. The van der Waals surface area contributed by atoms with Gasteiger partial charge in [-0.3, -0.25) is 29.3 Å².